The van der Waals surface area contributed by atoms with E-state index in [1.54, 1.807) is 0 Å². The highest BCUT2D eigenvalue weighted by Gasteiger charge is 2.43. The van der Waals surface area contributed by atoms with Crippen LogP contribution < -0.4 is 8.61 Å². The molecule has 0 atom stereocenters. The number of para-hydroxylation sites is 2. The summed E-state index contributed by atoms with van der Waals surface area (Å²) in [4.78, 5) is 0. The molecule has 0 unspecified atom stereocenters. The Kier molecular flexibility index (Phi) is 4.29. The van der Waals surface area contributed by atoms with Crippen LogP contribution >= 0.6 is 15.9 Å². The topological polar surface area (TPSA) is 40.6 Å². The number of benzene rings is 2. The van der Waals surface area contributed by atoms with Gasteiger partial charge in [-0.1, -0.05) is 34.1 Å². The minimum atomic E-state index is -4.09. The maximum Gasteiger partial charge on any atom is 0.331 e. The van der Waals surface area contributed by atoms with Crippen molar-refractivity contribution in [2.24, 2.45) is 0 Å². The van der Waals surface area contributed by atoms with Crippen LogP contribution in [0.3, 0.4) is 0 Å². The number of nitrogens with zero attached hydrogens (tertiary/aromatic N) is 2. The number of hydrogen-bond donors (Lipinski definition) is 0. The Morgan fingerprint density at radius 1 is 0.957 bits per heavy atom. The smallest absolute Gasteiger partial charge is 0.248 e. The highest BCUT2D eigenvalue weighted by molar-refractivity contribution is 9.09. The van der Waals surface area contributed by atoms with Gasteiger partial charge in [-0.2, -0.15) is 8.42 Å². The third-order valence-electron chi connectivity index (χ3n) is 3.51. The average molecular weight is 403 g/mol. The van der Waals surface area contributed by atoms with Crippen LogP contribution in [0.5, 0.6) is 0 Å². The van der Waals surface area contributed by atoms with Crippen molar-refractivity contribution in [3.05, 3.63) is 54.1 Å². The van der Waals surface area contributed by atoms with Crippen molar-refractivity contribution in [2.75, 3.05) is 20.5 Å². The van der Waals surface area contributed by atoms with Gasteiger partial charge in [0.05, 0.1) is 11.4 Å². The Bertz CT molecular complexity index is 845. The van der Waals surface area contributed by atoms with Crippen LogP contribution in [0.15, 0.2) is 42.5 Å². The molecule has 2 aromatic rings. The third kappa shape index (κ3) is 2.59. The van der Waals surface area contributed by atoms with Gasteiger partial charge in [-0.05, 0) is 30.7 Å². The number of fused-ring (bicyclic) bond motifs is 1. The van der Waals surface area contributed by atoms with Gasteiger partial charge in [-0.15, -0.1) is 0 Å². The number of rotatable bonds is 4. The van der Waals surface area contributed by atoms with Gasteiger partial charge in [0.1, 0.15) is 17.3 Å². The Balaban J connectivity index is 2.22. The lowest BCUT2D eigenvalue weighted by molar-refractivity contribution is 0.587. The predicted octanol–water partition coefficient (Wildman–Crippen LogP) is 3.95. The second kappa shape index (κ2) is 6.09. The fourth-order valence-corrected chi connectivity index (χ4v) is 4.57. The van der Waals surface area contributed by atoms with E-state index < -0.39 is 21.8 Å². The number of hydrogen-bond acceptors (Lipinski definition) is 2. The molecule has 0 spiro atoms. The van der Waals surface area contributed by atoms with Gasteiger partial charge in [-0.25, -0.2) is 17.4 Å². The van der Waals surface area contributed by atoms with E-state index in [-0.39, 0.29) is 23.6 Å². The Labute approximate surface area is 141 Å². The van der Waals surface area contributed by atoms with E-state index in [0.717, 1.165) is 8.61 Å². The summed E-state index contributed by atoms with van der Waals surface area (Å²) in [5.41, 5.74) is -0.0536. The van der Waals surface area contributed by atoms with E-state index in [1.165, 1.54) is 42.5 Å². The molecule has 0 bridgehead atoms. The lowest BCUT2D eigenvalue weighted by atomic mass is 10.2. The quantitative estimate of drug-likeness (QED) is 0.726. The van der Waals surface area contributed by atoms with Crippen LogP contribution in [0.2, 0.25) is 0 Å². The molecule has 0 saturated heterocycles. The summed E-state index contributed by atoms with van der Waals surface area (Å²) in [6.07, 6.45) is 0.498. The van der Waals surface area contributed by atoms with Crippen LogP contribution in [-0.2, 0) is 10.2 Å². The molecule has 1 aliphatic heterocycles. The molecule has 3 rings (SSSR count). The van der Waals surface area contributed by atoms with Crippen LogP contribution in [0.25, 0.3) is 0 Å². The summed E-state index contributed by atoms with van der Waals surface area (Å²) in [5.74, 6) is -1.34. The minimum absolute atomic E-state index is 0.0447. The van der Waals surface area contributed by atoms with Gasteiger partial charge in [0.2, 0.25) is 0 Å². The number of anilines is 3. The SMILES string of the molecule is O=S1(=O)N(CCCBr)c2c(F)cccc2N1c1ccccc1F. The predicted molar refractivity (Wildman–Crippen MR) is 89.6 cm³/mol. The Morgan fingerprint density at radius 3 is 2.30 bits per heavy atom. The molecule has 122 valence electrons. The normalized spacial score (nSPS) is 15.8. The largest absolute Gasteiger partial charge is 0.331 e. The van der Waals surface area contributed by atoms with Crippen LogP contribution in [0, 0.1) is 11.6 Å². The molecule has 2 aromatic carbocycles. The molecular formula is C15H13BrF2N2O2S. The second-order valence-corrected chi connectivity index (χ2v) is 7.44. The van der Waals surface area contributed by atoms with E-state index in [9.17, 15) is 17.2 Å². The molecular weight excluding hydrogens is 390 g/mol. The molecule has 1 aliphatic rings. The molecule has 0 amide bonds. The molecule has 0 saturated carbocycles. The fourth-order valence-electron chi connectivity index (χ4n) is 2.55. The van der Waals surface area contributed by atoms with Gasteiger partial charge in [-0.3, -0.25) is 0 Å². The lowest BCUT2D eigenvalue weighted by Crippen LogP contribution is -2.36. The molecule has 0 aliphatic carbocycles. The Morgan fingerprint density at radius 2 is 1.61 bits per heavy atom. The highest BCUT2D eigenvalue weighted by atomic mass is 79.9. The van der Waals surface area contributed by atoms with E-state index in [2.05, 4.69) is 15.9 Å². The summed E-state index contributed by atoms with van der Waals surface area (Å²) in [7, 11) is -4.09. The zero-order valence-electron chi connectivity index (χ0n) is 11.9. The summed E-state index contributed by atoms with van der Waals surface area (Å²) in [6, 6.07) is 9.60. The van der Waals surface area contributed by atoms with Crippen molar-refractivity contribution in [3.8, 4) is 0 Å². The van der Waals surface area contributed by atoms with Gasteiger partial charge in [0.15, 0.2) is 0 Å². The summed E-state index contributed by atoms with van der Waals surface area (Å²) in [5, 5.41) is 0.572. The van der Waals surface area contributed by atoms with Crippen LogP contribution in [0.4, 0.5) is 25.8 Å². The summed E-state index contributed by atoms with van der Waals surface area (Å²) in [6.45, 7) is 0.104. The first kappa shape index (κ1) is 16.2. The Hall–Kier alpha value is -1.67. The maximum atomic E-state index is 14.3. The third-order valence-corrected chi connectivity index (χ3v) is 5.85. The molecule has 8 heteroatoms. The van der Waals surface area contributed by atoms with Crippen molar-refractivity contribution in [2.45, 2.75) is 6.42 Å². The highest BCUT2D eigenvalue weighted by Crippen LogP contribution is 2.47. The first-order chi connectivity index (χ1) is 11.0. The maximum absolute atomic E-state index is 14.3. The van der Waals surface area contributed by atoms with E-state index in [0.29, 0.717) is 11.8 Å². The first-order valence-electron chi connectivity index (χ1n) is 6.90. The number of alkyl halides is 1. The standard InChI is InChI=1S/C15H13BrF2N2O2S/c16-9-4-10-19-15-12(18)6-3-8-14(15)20(23(19,21)22)13-7-2-1-5-11(13)17/h1-3,5-8H,4,9-10H2. The van der Waals surface area contributed by atoms with E-state index in [4.69, 9.17) is 0 Å². The molecule has 0 aromatic heterocycles. The zero-order chi connectivity index (χ0) is 16.6. The van der Waals surface area contributed by atoms with Crippen LogP contribution in [-0.4, -0.2) is 20.3 Å². The van der Waals surface area contributed by atoms with Crippen molar-refractivity contribution in [1.29, 1.82) is 0 Å². The van der Waals surface area contributed by atoms with Gasteiger partial charge >= 0.3 is 10.2 Å². The first-order valence-corrected chi connectivity index (χ1v) is 9.42. The lowest BCUT2D eigenvalue weighted by Gasteiger charge is -2.21. The average Bonchev–Trinajstić information content (AvgIpc) is 2.74. The summed E-state index contributed by atoms with van der Waals surface area (Å²) >= 11 is 3.24. The summed E-state index contributed by atoms with van der Waals surface area (Å²) < 4.78 is 56.0. The van der Waals surface area contributed by atoms with Gasteiger partial charge in [0, 0.05) is 11.9 Å². The molecule has 4 nitrogen and oxygen atoms in total. The monoisotopic (exact) mass is 402 g/mol. The molecule has 0 radical (unpaired) electrons. The van der Waals surface area contributed by atoms with Crippen molar-refractivity contribution < 1.29 is 17.2 Å². The van der Waals surface area contributed by atoms with E-state index in [1.807, 2.05) is 0 Å². The van der Waals surface area contributed by atoms with Crippen LogP contribution in [0.1, 0.15) is 6.42 Å². The zero-order valence-corrected chi connectivity index (χ0v) is 14.3. The fraction of sp³-hybridized carbons (Fsp3) is 0.200. The molecule has 0 N–H and O–H groups in total. The minimum Gasteiger partial charge on any atom is -0.248 e. The molecule has 23 heavy (non-hydrogen) atoms. The molecule has 0 fully saturated rings. The second-order valence-electron chi connectivity index (χ2n) is 4.95. The van der Waals surface area contributed by atoms with Gasteiger partial charge < -0.3 is 0 Å². The number of halogens is 3. The van der Waals surface area contributed by atoms with Gasteiger partial charge in [0.25, 0.3) is 0 Å². The van der Waals surface area contributed by atoms with Crippen molar-refractivity contribution >= 4 is 43.2 Å². The van der Waals surface area contributed by atoms with Crippen molar-refractivity contribution in [3.63, 3.8) is 0 Å². The van der Waals surface area contributed by atoms with Crippen molar-refractivity contribution in [1.82, 2.24) is 0 Å². The molecule has 1 heterocycles. The van der Waals surface area contributed by atoms with E-state index >= 15 is 0 Å².